The van der Waals surface area contributed by atoms with Gasteiger partial charge in [0.25, 0.3) is 0 Å². The molecule has 0 aromatic rings. The molecule has 0 aliphatic heterocycles. The van der Waals surface area contributed by atoms with Crippen molar-refractivity contribution < 1.29 is 14.7 Å². The lowest BCUT2D eigenvalue weighted by molar-refractivity contribution is -0.144. The minimum atomic E-state index is -0.747. The summed E-state index contributed by atoms with van der Waals surface area (Å²) in [6.07, 6.45) is 5.20. The molecule has 1 rings (SSSR count). The predicted octanol–water partition coefficient (Wildman–Crippen LogP) is 1.36. The Morgan fingerprint density at radius 1 is 1.29 bits per heavy atom. The minimum Gasteiger partial charge on any atom is -0.481 e. The molecule has 17 heavy (non-hydrogen) atoms. The number of urea groups is 1. The summed E-state index contributed by atoms with van der Waals surface area (Å²) in [5, 5.41) is 14.4. The molecule has 5 nitrogen and oxygen atoms in total. The maximum atomic E-state index is 11.3. The second-order valence-corrected chi connectivity index (χ2v) is 4.37. The number of rotatable bonds is 5. The predicted molar refractivity (Wildman–Crippen MR) is 64.7 cm³/mol. The van der Waals surface area contributed by atoms with E-state index in [-0.39, 0.29) is 17.9 Å². The lowest BCUT2D eigenvalue weighted by Gasteiger charge is -2.28. The third kappa shape index (κ3) is 4.46. The van der Waals surface area contributed by atoms with Gasteiger partial charge in [0, 0.05) is 13.1 Å². The highest BCUT2D eigenvalue weighted by Gasteiger charge is 2.30. The van der Waals surface area contributed by atoms with Gasteiger partial charge < -0.3 is 15.7 Å². The number of amides is 2. The Balaban J connectivity index is 2.35. The van der Waals surface area contributed by atoms with Gasteiger partial charge in [-0.05, 0) is 18.8 Å². The van der Waals surface area contributed by atoms with Crippen molar-refractivity contribution >= 4 is 12.0 Å². The zero-order chi connectivity index (χ0) is 12.7. The third-order valence-electron chi connectivity index (χ3n) is 3.16. The second kappa shape index (κ2) is 6.93. The van der Waals surface area contributed by atoms with Crippen molar-refractivity contribution in [2.75, 3.05) is 13.1 Å². The third-order valence-corrected chi connectivity index (χ3v) is 3.16. The van der Waals surface area contributed by atoms with Crippen LogP contribution in [0.3, 0.4) is 0 Å². The molecule has 0 aromatic carbocycles. The highest BCUT2D eigenvalue weighted by molar-refractivity contribution is 5.74. The van der Waals surface area contributed by atoms with Gasteiger partial charge in [0.05, 0.1) is 5.92 Å². The van der Waals surface area contributed by atoms with Crippen LogP contribution < -0.4 is 10.6 Å². The Morgan fingerprint density at radius 3 is 2.65 bits per heavy atom. The zero-order valence-corrected chi connectivity index (χ0v) is 9.95. The average Bonchev–Trinajstić information content (AvgIpc) is 2.34. The molecule has 2 unspecified atom stereocenters. The Kier molecular flexibility index (Phi) is 5.52. The van der Waals surface area contributed by atoms with Crippen LogP contribution in [0.4, 0.5) is 4.79 Å². The summed E-state index contributed by atoms with van der Waals surface area (Å²) >= 11 is 0. The van der Waals surface area contributed by atoms with Gasteiger partial charge in [-0.1, -0.05) is 18.9 Å². The number of hydrogen-bond acceptors (Lipinski definition) is 2. The highest BCUT2D eigenvalue weighted by atomic mass is 16.4. The maximum Gasteiger partial charge on any atom is 0.315 e. The lowest BCUT2D eigenvalue weighted by atomic mass is 9.79. The Hall–Kier alpha value is -1.52. The maximum absolute atomic E-state index is 11.3. The van der Waals surface area contributed by atoms with Crippen molar-refractivity contribution in [1.82, 2.24) is 10.6 Å². The number of carbonyl (C=O) groups excluding carboxylic acids is 1. The van der Waals surface area contributed by atoms with E-state index in [1.807, 2.05) is 0 Å². The van der Waals surface area contributed by atoms with Crippen LogP contribution in [-0.2, 0) is 4.79 Å². The molecule has 0 spiro atoms. The van der Waals surface area contributed by atoms with Gasteiger partial charge in [-0.25, -0.2) is 4.79 Å². The van der Waals surface area contributed by atoms with E-state index in [0.717, 1.165) is 25.7 Å². The van der Waals surface area contributed by atoms with Crippen molar-refractivity contribution in [3.8, 4) is 0 Å². The number of nitrogens with one attached hydrogen (secondary N) is 2. The normalized spacial score (nSPS) is 23.8. The first-order valence-corrected chi connectivity index (χ1v) is 6.00. The highest BCUT2D eigenvalue weighted by Crippen LogP contribution is 2.29. The fraction of sp³-hybridized carbons (Fsp3) is 0.667. The first kappa shape index (κ1) is 13.5. The summed E-state index contributed by atoms with van der Waals surface area (Å²) in [6, 6.07) is -0.264. The summed E-state index contributed by atoms with van der Waals surface area (Å²) < 4.78 is 0. The topological polar surface area (TPSA) is 78.4 Å². The van der Waals surface area contributed by atoms with E-state index in [0.29, 0.717) is 13.1 Å². The molecule has 1 aliphatic rings. The zero-order valence-electron chi connectivity index (χ0n) is 9.95. The van der Waals surface area contributed by atoms with E-state index in [1.54, 1.807) is 6.08 Å². The first-order valence-electron chi connectivity index (χ1n) is 6.00. The van der Waals surface area contributed by atoms with E-state index >= 15 is 0 Å². The number of carboxylic acid groups (broad SMARTS) is 1. The van der Waals surface area contributed by atoms with Crippen molar-refractivity contribution in [3.63, 3.8) is 0 Å². The molecule has 0 heterocycles. The molecule has 2 atom stereocenters. The fourth-order valence-corrected chi connectivity index (χ4v) is 2.23. The first-order chi connectivity index (χ1) is 8.15. The molecule has 1 aliphatic carbocycles. The average molecular weight is 240 g/mol. The molecule has 2 amide bonds. The van der Waals surface area contributed by atoms with E-state index in [9.17, 15) is 9.59 Å². The van der Waals surface area contributed by atoms with E-state index in [4.69, 9.17) is 5.11 Å². The van der Waals surface area contributed by atoms with Crippen LogP contribution in [0.2, 0.25) is 0 Å². The summed E-state index contributed by atoms with van der Waals surface area (Å²) in [7, 11) is 0. The van der Waals surface area contributed by atoms with Crippen molar-refractivity contribution in [2.24, 2.45) is 11.8 Å². The molecule has 1 fully saturated rings. The minimum absolute atomic E-state index is 0.0516. The van der Waals surface area contributed by atoms with Crippen LogP contribution >= 0.6 is 0 Å². The quantitative estimate of drug-likeness (QED) is 0.635. The molecule has 0 radical (unpaired) electrons. The lowest BCUT2D eigenvalue weighted by Crippen LogP contribution is -2.41. The van der Waals surface area contributed by atoms with Crippen molar-refractivity contribution in [2.45, 2.75) is 25.7 Å². The van der Waals surface area contributed by atoms with Gasteiger partial charge in [-0.3, -0.25) is 4.79 Å². The Bertz CT molecular complexity index is 291. The van der Waals surface area contributed by atoms with E-state index in [1.165, 1.54) is 0 Å². The number of aliphatic carboxylic acids is 1. The molecule has 3 N–H and O–H groups in total. The van der Waals surface area contributed by atoms with Gasteiger partial charge in [0.1, 0.15) is 0 Å². The second-order valence-electron chi connectivity index (χ2n) is 4.37. The Labute approximate surface area is 101 Å². The standard InChI is InChI=1S/C12H20N2O3/c1-2-7-13-12(17)14-8-9-5-3-4-6-10(9)11(15)16/h2,9-10H,1,3-8H2,(H,15,16)(H2,13,14,17). The smallest absolute Gasteiger partial charge is 0.315 e. The van der Waals surface area contributed by atoms with Gasteiger partial charge in [-0.15, -0.1) is 6.58 Å². The largest absolute Gasteiger partial charge is 0.481 e. The van der Waals surface area contributed by atoms with Gasteiger partial charge >= 0.3 is 12.0 Å². The van der Waals surface area contributed by atoms with Gasteiger partial charge in [0.15, 0.2) is 0 Å². The van der Waals surface area contributed by atoms with Crippen molar-refractivity contribution in [1.29, 1.82) is 0 Å². The van der Waals surface area contributed by atoms with Crippen LogP contribution in [0.1, 0.15) is 25.7 Å². The molecular formula is C12H20N2O3. The van der Waals surface area contributed by atoms with Gasteiger partial charge in [-0.2, -0.15) is 0 Å². The molecule has 0 bridgehead atoms. The summed E-state index contributed by atoms with van der Waals surface area (Å²) in [5.74, 6) is -1.01. The van der Waals surface area contributed by atoms with Gasteiger partial charge in [0.2, 0.25) is 0 Å². The van der Waals surface area contributed by atoms with Crippen LogP contribution in [0.25, 0.3) is 0 Å². The molecule has 5 heteroatoms. The fourth-order valence-electron chi connectivity index (χ4n) is 2.23. The molecular weight excluding hydrogens is 220 g/mol. The number of carbonyl (C=O) groups is 2. The van der Waals surface area contributed by atoms with E-state index < -0.39 is 5.97 Å². The Morgan fingerprint density at radius 2 is 2.00 bits per heavy atom. The monoisotopic (exact) mass is 240 g/mol. The van der Waals surface area contributed by atoms with Crippen LogP contribution in [0.15, 0.2) is 12.7 Å². The molecule has 0 aromatic heterocycles. The molecule has 1 saturated carbocycles. The van der Waals surface area contributed by atoms with Crippen LogP contribution in [0.5, 0.6) is 0 Å². The summed E-state index contributed by atoms with van der Waals surface area (Å²) in [6.45, 7) is 4.34. The molecule has 0 saturated heterocycles. The van der Waals surface area contributed by atoms with Crippen molar-refractivity contribution in [3.05, 3.63) is 12.7 Å². The van der Waals surface area contributed by atoms with Crippen LogP contribution in [-0.4, -0.2) is 30.2 Å². The number of carboxylic acids is 1. The van der Waals surface area contributed by atoms with E-state index in [2.05, 4.69) is 17.2 Å². The molecule has 96 valence electrons. The summed E-state index contributed by atoms with van der Waals surface area (Å²) in [5.41, 5.74) is 0. The SMILES string of the molecule is C=CCNC(=O)NCC1CCCCC1C(=O)O. The summed E-state index contributed by atoms with van der Waals surface area (Å²) in [4.78, 5) is 22.3. The van der Waals surface area contributed by atoms with Crippen LogP contribution in [0, 0.1) is 11.8 Å². The number of hydrogen-bond donors (Lipinski definition) is 3.